The Balaban J connectivity index is 1.61. The van der Waals surface area contributed by atoms with E-state index in [2.05, 4.69) is 32.0 Å². The number of carbonyl (C=O) groups is 3. The number of nitrogens with one attached hydrogen (secondary N) is 1. The summed E-state index contributed by atoms with van der Waals surface area (Å²) in [6.07, 6.45) is 10.9. The molecule has 1 aromatic rings. The number of amides is 1. The van der Waals surface area contributed by atoms with Gasteiger partial charge in [0.25, 0.3) is 0 Å². The Morgan fingerprint density at radius 3 is 2.71 bits per heavy atom. The van der Waals surface area contributed by atoms with E-state index in [1.165, 1.54) is 0 Å². The quantitative estimate of drug-likeness (QED) is 0.386. The average molecular weight is 424 g/mol. The lowest BCUT2D eigenvalue weighted by atomic mass is 9.50. The minimum Gasteiger partial charge on any atom is -0.494 e. The monoisotopic (exact) mass is 423 g/mol. The molecular formula is C26H33NO4. The largest absolute Gasteiger partial charge is 0.494 e. The number of ether oxygens (including phenoxy) is 1. The molecule has 2 aliphatic rings. The first kappa shape index (κ1) is 23.1. The molecule has 2 unspecified atom stereocenters. The van der Waals surface area contributed by atoms with Crippen molar-refractivity contribution >= 4 is 17.5 Å². The zero-order valence-corrected chi connectivity index (χ0v) is 18.9. The van der Waals surface area contributed by atoms with E-state index in [4.69, 9.17) is 11.2 Å². The Morgan fingerprint density at radius 1 is 1.19 bits per heavy atom. The van der Waals surface area contributed by atoms with Gasteiger partial charge in [0.2, 0.25) is 17.5 Å². The van der Waals surface area contributed by atoms with E-state index in [9.17, 15) is 14.4 Å². The molecule has 3 rings (SSSR count). The molecule has 0 bridgehead atoms. The predicted octanol–water partition coefficient (Wildman–Crippen LogP) is 4.22. The van der Waals surface area contributed by atoms with Gasteiger partial charge in [-0.05, 0) is 55.2 Å². The molecule has 1 fully saturated rings. The topological polar surface area (TPSA) is 72.5 Å². The molecule has 166 valence electrons. The fraction of sp³-hybridized carbons (Fsp3) is 0.577. The van der Waals surface area contributed by atoms with Crippen molar-refractivity contribution in [3.8, 4) is 18.1 Å². The van der Waals surface area contributed by atoms with Crippen LogP contribution in [0.25, 0.3) is 0 Å². The van der Waals surface area contributed by atoms with Crippen LogP contribution in [0, 0.1) is 23.7 Å². The van der Waals surface area contributed by atoms with Gasteiger partial charge >= 0.3 is 0 Å². The van der Waals surface area contributed by atoms with Gasteiger partial charge in [0.05, 0.1) is 13.2 Å². The Bertz CT molecular complexity index is 910. The average Bonchev–Trinajstić information content (AvgIpc) is 2.72. The second kappa shape index (κ2) is 9.26. The standard InChI is InChI=1S/C26H33NO4/c1-5-15-27-21(28)10-7-6-8-16-31-18-11-12-20-19(17-18)22(29)23(30)24-25(2,3)13-9-14-26(20,24)4/h1,11-12,17,24H,6-10,13-16H2,2-4H3,(H,27,28). The summed E-state index contributed by atoms with van der Waals surface area (Å²) in [5.74, 6) is 2.07. The number of fused-ring (bicyclic) bond motifs is 3. The minimum absolute atomic E-state index is 0.0329. The molecule has 0 heterocycles. The van der Waals surface area contributed by atoms with Gasteiger partial charge in [-0.1, -0.05) is 39.2 Å². The van der Waals surface area contributed by atoms with Crippen molar-refractivity contribution in [2.24, 2.45) is 11.3 Å². The van der Waals surface area contributed by atoms with E-state index >= 15 is 0 Å². The summed E-state index contributed by atoms with van der Waals surface area (Å²) in [6, 6.07) is 5.64. The Labute approximate surface area is 185 Å². The van der Waals surface area contributed by atoms with Crippen molar-refractivity contribution in [3.05, 3.63) is 29.3 Å². The summed E-state index contributed by atoms with van der Waals surface area (Å²) < 4.78 is 5.85. The van der Waals surface area contributed by atoms with Gasteiger partial charge in [0, 0.05) is 23.3 Å². The third-order valence-corrected chi connectivity index (χ3v) is 6.98. The number of ketones is 2. The first-order valence-electron chi connectivity index (χ1n) is 11.3. The number of unbranched alkanes of at least 4 members (excludes halogenated alkanes) is 2. The molecule has 0 aromatic heterocycles. The summed E-state index contributed by atoms with van der Waals surface area (Å²) in [4.78, 5) is 37.5. The highest BCUT2D eigenvalue weighted by molar-refractivity contribution is 6.46. The van der Waals surface area contributed by atoms with Gasteiger partial charge in [-0.15, -0.1) is 6.42 Å². The second-order valence-corrected chi connectivity index (χ2v) is 9.73. The van der Waals surface area contributed by atoms with Crippen molar-refractivity contribution in [1.29, 1.82) is 0 Å². The zero-order chi connectivity index (χ0) is 22.6. The normalized spacial score (nSPS) is 24.0. The summed E-state index contributed by atoms with van der Waals surface area (Å²) >= 11 is 0. The van der Waals surface area contributed by atoms with Crippen LogP contribution in [0.2, 0.25) is 0 Å². The van der Waals surface area contributed by atoms with Crippen LogP contribution in [0.15, 0.2) is 18.2 Å². The maximum Gasteiger partial charge on any atom is 0.229 e. The second-order valence-electron chi connectivity index (χ2n) is 9.73. The Kier molecular flexibility index (Phi) is 6.89. The van der Waals surface area contributed by atoms with Crippen molar-refractivity contribution in [2.75, 3.05) is 13.2 Å². The van der Waals surface area contributed by atoms with Gasteiger partial charge in [0.1, 0.15) is 5.75 Å². The lowest BCUT2D eigenvalue weighted by Crippen LogP contribution is -2.54. The van der Waals surface area contributed by atoms with E-state index in [0.29, 0.717) is 24.3 Å². The van der Waals surface area contributed by atoms with Crippen molar-refractivity contribution < 1.29 is 19.1 Å². The lowest BCUT2D eigenvalue weighted by molar-refractivity contribution is -0.128. The highest BCUT2D eigenvalue weighted by Crippen LogP contribution is 2.55. The van der Waals surface area contributed by atoms with Crippen LogP contribution in [-0.2, 0) is 15.0 Å². The van der Waals surface area contributed by atoms with Crippen LogP contribution in [-0.4, -0.2) is 30.6 Å². The molecule has 0 aliphatic heterocycles. The van der Waals surface area contributed by atoms with Crippen molar-refractivity contribution in [1.82, 2.24) is 5.32 Å². The number of carbonyl (C=O) groups excluding carboxylic acids is 3. The summed E-state index contributed by atoms with van der Waals surface area (Å²) in [7, 11) is 0. The van der Waals surface area contributed by atoms with Crippen LogP contribution in [0.4, 0.5) is 0 Å². The van der Waals surface area contributed by atoms with Crippen LogP contribution in [0.3, 0.4) is 0 Å². The van der Waals surface area contributed by atoms with E-state index in [0.717, 1.165) is 44.1 Å². The fourth-order valence-corrected chi connectivity index (χ4v) is 5.55. The lowest BCUT2D eigenvalue weighted by Gasteiger charge is -2.52. The number of hydrogen-bond acceptors (Lipinski definition) is 4. The van der Waals surface area contributed by atoms with Crippen molar-refractivity contribution in [3.63, 3.8) is 0 Å². The summed E-state index contributed by atoms with van der Waals surface area (Å²) in [5.41, 5.74) is 1.01. The smallest absolute Gasteiger partial charge is 0.229 e. The van der Waals surface area contributed by atoms with E-state index < -0.39 is 0 Å². The van der Waals surface area contributed by atoms with E-state index in [1.54, 1.807) is 6.07 Å². The van der Waals surface area contributed by atoms with Gasteiger partial charge < -0.3 is 10.1 Å². The summed E-state index contributed by atoms with van der Waals surface area (Å²) in [5, 5.41) is 2.65. The molecule has 1 aromatic carbocycles. The molecule has 31 heavy (non-hydrogen) atoms. The molecular weight excluding hydrogens is 390 g/mol. The van der Waals surface area contributed by atoms with Gasteiger partial charge in [-0.25, -0.2) is 0 Å². The first-order valence-corrected chi connectivity index (χ1v) is 11.3. The highest BCUT2D eigenvalue weighted by Gasteiger charge is 2.56. The van der Waals surface area contributed by atoms with Crippen LogP contribution < -0.4 is 10.1 Å². The molecule has 5 nitrogen and oxygen atoms in total. The number of terminal acetylenes is 1. The van der Waals surface area contributed by atoms with Crippen molar-refractivity contribution in [2.45, 2.75) is 71.1 Å². The van der Waals surface area contributed by atoms with Crippen LogP contribution in [0.1, 0.15) is 81.6 Å². The fourth-order valence-electron chi connectivity index (χ4n) is 5.55. The maximum absolute atomic E-state index is 13.1. The zero-order valence-electron chi connectivity index (χ0n) is 18.9. The third-order valence-electron chi connectivity index (χ3n) is 6.98. The number of rotatable bonds is 8. The Morgan fingerprint density at radius 2 is 1.97 bits per heavy atom. The van der Waals surface area contributed by atoms with Crippen LogP contribution >= 0.6 is 0 Å². The predicted molar refractivity (Wildman–Crippen MR) is 120 cm³/mol. The van der Waals surface area contributed by atoms with E-state index in [-0.39, 0.29) is 40.8 Å². The maximum atomic E-state index is 13.1. The van der Waals surface area contributed by atoms with Gasteiger partial charge in [-0.3, -0.25) is 14.4 Å². The minimum atomic E-state index is -0.379. The highest BCUT2D eigenvalue weighted by atomic mass is 16.5. The number of benzene rings is 1. The third kappa shape index (κ3) is 4.69. The molecule has 2 aliphatic carbocycles. The molecule has 1 saturated carbocycles. The molecule has 2 atom stereocenters. The van der Waals surface area contributed by atoms with Crippen LogP contribution in [0.5, 0.6) is 5.75 Å². The van der Waals surface area contributed by atoms with Gasteiger partial charge in [-0.2, -0.15) is 0 Å². The summed E-state index contributed by atoms with van der Waals surface area (Å²) in [6.45, 7) is 7.13. The Hall–Kier alpha value is -2.61. The number of hydrogen-bond donors (Lipinski definition) is 1. The number of Topliss-reactive ketones (excluding diaryl/α,β-unsaturated/α-hetero) is 2. The molecule has 5 heteroatoms. The molecule has 0 spiro atoms. The molecule has 0 saturated heterocycles. The SMILES string of the molecule is C#CCNC(=O)CCCCCOc1ccc2c(c1)C(=O)C(=O)C1C(C)(C)CCCC21C. The molecule has 1 N–H and O–H groups in total. The van der Waals surface area contributed by atoms with E-state index in [1.807, 2.05) is 12.1 Å². The molecule has 0 radical (unpaired) electrons. The molecule has 1 amide bonds. The van der Waals surface area contributed by atoms with Gasteiger partial charge in [0.15, 0.2) is 0 Å². The first-order chi connectivity index (χ1) is 14.7.